The molecule has 2 N–H and O–H groups in total. The minimum Gasteiger partial charge on any atom is -0.444 e. The Morgan fingerprint density at radius 1 is 1.26 bits per heavy atom. The van der Waals surface area contributed by atoms with Crippen LogP contribution in [0, 0.1) is 0 Å². The van der Waals surface area contributed by atoms with E-state index < -0.39 is 6.09 Å². The smallest absolute Gasteiger partial charge is 0.413 e. The lowest BCUT2D eigenvalue weighted by atomic mass is 10.2. The first-order chi connectivity index (χ1) is 13.2. The second kappa shape index (κ2) is 7.68. The number of carbonyl (C=O) groups excluding carboxylic acids is 1. The molecule has 4 rings (SSSR count). The van der Waals surface area contributed by atoms with Crippen molar-refractivity contribution in [3.8, 4) is 0 Å². The van der Waals surface area contributed by atoms with Crippen molar-refractivity contribution < 1.29 is 19.4 Å². The highest BCUT2D eigenvalue weighted by molar-refractivity contribution is 5.93. The van der Waals surface area contributed by atoms with E-state index in [9.17, 15) is 9.90 Å². The van der Waals surface area contributed by atoms with E-state index in [-0.39, 0.29) is 31.4 Å². The minimum absolute atomic E-state index is 0.0157. The van der Waals surface area contributed by atoms with Gasteiger partial charge in [-0.1, -0.05) is 30.3 Å². The second-order valence-electron chi connectivity index (χ2n) is 6.21. The summed E-state index contributed by atoms with van der Waals surface area (Å²) in [6.07, 6.45) is 3.42. The highest BCUT2D eigenvalue weighted by Crippen LogP contribution is 2.31. The lowest BCUT2D eigenvalue weighted by Gasteiger charge is -2.13. The van der Waals surface area contributed by atoms with Crippen LogP contribution in [0.25, 0.3) is 11.2 Å². The number of benzene rings is 1. The molecule has 1 aliphatic rings. The first-order valence-electron chi connectivity index (χ1n) is 8.66. The summed E-state index contributed by atoms with van der Waals surface area (Å²) < 4.78 is 12.8. The maximum absolute atomic E-state index is 12.1. The van der Waals surface area contributed by atoms with Gasteiger partial charge in [-0.3, -0.25) is 9.88 Å². The van der Waals surface area contributed by atoms with E-state index in [0.29, 0.717) is 11.2 Å². The third kappa shape index (κ3) is 3.74. The number of carbonyl (C=O) groups is 1. The SMILES string of the molecule is O=C(Nc1ncnc2c1ncn2[C@H]1CC[C@@H](CO)O1)OCc1ccccc1. The normalized spacial score (nSPS) is 19.3. The van der Waals surface area contributed by atoms with Crippen molar-refractivity contribution in [2.45, 2.75) is 31.8 Å². The van der Waals surface area contributed by atoms with Crippen LogP contribution in [0.3, 0.4) is 0 Å². The molecule has 1 aromatic carbocycles. The van der Waals surface area contributed by atoms with Gasteiger partial charge in [-0.15, -0.1) is 0 Å². The van der Waals surface area contributed by atoms with Crippen molar-refractivity contribution in [3.05, 3.63) is 48.5 Å². The number of hydrogen-bond donors (Lipinski definition) is 2. The fourth-order valence-corrected chi connectivity index (χ4v) is 3.04. The Morgan fingerprint density at radius 2 is 2.11 bits per heavy atom. The summed E-state index contributed by atoms with van der Waals surface area (Å²) in [5.74, 6) is 0.272. The molecule has 2 atom stereocenters. The molecule has 3 heterocycles. The average Bonchev–Trinajstić information content (AvgIpc) is 3.34. The third-order valence-corrected chi connectivity index (χ3v) is 4.39. The van der Waals surface area contributed by atoms with Gasteiger partial charge in [-0.25, -0.2) is 19.7 Å². The predicted molar refractivity (Wildman–Crippen MR) is 95.8 cm³/mol. The molecule has 1 aliphatic heterocycles. The Bertz CT molecular complexity index is 930. The van der Waals surface area contributed by atoms with Crippen LogP contribution in [-0.4, -0.2) is 43.4 Å². The van der Waals surface area contributed by atoms with Gasteiger partial charge in [0.1, 0.15) is 19.2 Å². The third-order valence-electron chi connectivity index (χ3n) is 4.39. The predicted octanol–water partition coefficient (Wildman–Crippen LogP) is 2.24. The van der Waals surface area contributed by atoms with Gasteiger partial charge in [-0.05, 0) is 18.4 Å². The van der Waals surface area contributed by atoms with Gasteiger partial charge in [-0.2, -0.15) is 0 Å². The topological polar surface area (TPSA) is 111 Å². The number of nitrogens with zero attached hydrogens (tertiary/aromatic N) is 4. The summed E-state index contributed by atoms with van der Waals surface area (Å²) >= 11 is 0. The Balaban J connectivity index is 1.47. The number of ether oxygens (including phenoxy) is 2. The van der Waals surface area contributed by atoms with E-state index in [1.165, 1.54) is 6.33 Å². The lowest BCUT2D eigenvalue weighted by Crippen LogP contribution is -2.15. The number of fused-ring (bicyclic) bond motifs is 1. The van der Waals surface area contributed by atoms with Gasteiger partial charge in [0.25, 0.3) is 0 Å². The van der Waals surface area contributed by atoms with Crippen molar-refractivity contribution in [3.63, 3.8) is 0 Å². The van der Waals surface area contributed by atoms with Crippen LogP contribution in [0.5, 0.6) is 0 Å². The number of nitrogens with one attached hydrogen (secondary N) is 1. The molecule has 140 valence electrons. The Hall–Kier alpha value is -3.04. The molecule has 2 aromatic heterocycles. The highest BCUT2D eigenvalue weighted by atomic mass is 16.5. The zero-order valence-electron chi connectivity index (χ0n) is 14.5. The van der Waals surface area contributed by atoms with Crippen LogP contribution < -0.4 is 5.32 Å². The summed E-state index contributed by atoms with van der Waals surface area (Å²) in [5.41, 5.74) is 1.89. The summed E-state index contributed by atoms with van der Waals surface area (Å²) in [4.78, 5) is 24.8. The summed E-state index contributed by atoms with van der Waals surface area (Å²) in [6.45, 7) is 0.145. The standard InChI is InChI=1S/C18H19N5O4/c24-8-13-6-7-14(27-13)23-11-21-15-16(19-10-20-17(15)23)22-18(25)26-9-12-4-2-1-3-5-12/h1-5,10-11,13-14,24H,6-9H2,(H,19,20,22,25)/t13-,14+/m0/s1. The maximum Gasteiger partial charge on any atom is 0.413 e. The van der Waals surface area contributed by atoms with Crippen molar-refractivity contribution in [2.75, 3.05) is 11.9 Å². The van der Waals surface area contributed by atoms with Crippen LogP contribution in [0.1, 0.15) is 24.6 Å². The van der Waals surface area contributed by atoms with Crippen LogP contribution in [0.15, 0.2) is 43.0 Å². The number of aromatic nitrogens is 4. The molecule has 0 spiro atoms. The fourth-order valence-electron chi connectivity index (χ4n) is 3.04. The van der Waals surface area contributed by atoms with Gasteiger partial charge in [0, 0.05) is 0 Å². The first kappa shape index (κ1) is 17.4. The lowest BCUT2D eigenvalue weighted by molar-refractivity contribution is -0.0207. The van der Waals surface area contributed by atoms with E-state index in [0.717, 1.165) is 18.4 Å². The van der Waals surface area contributed by atoms with Crippen LogP contribution in [0.4, 0.5) is 10.6 Å². The molecular formula is C18H19N5O4. The van der Waals surface area contributed by atoms with Crippen molar-refractivity contribution >= 4 is 23.1 Å². The molecule has 0 aliphatic carbocycles. The minimum atomic E-state index is -0.620. The zero-order valence-corrected chi connectivity index (χ0v) is 14.5. The monoisotopic (exact) mass is 369 g/mol. The van der Waals surface area contributed by atoms with Crippen LogP contribution in [0.2, 0.25) is 0 Å². The number of hydrogen-bond acceptors (Lipinski definition) is 7. The van der Waals surface area contributed by atoms with Gasteiger partial charge in [0.2, 0.25) is 0 Å². The molecule has 9 heteroatoms. The van der Waals surface area contributed by atoms with E-state index in [1.54, 1.807) is 10.9 Å². The molecule has 0 saturated carbocycles. The fraction of sp³-hybridized carbons (Fsp3) is 0.333. The highest BCUT2D eigenvalue weighted by Gasteiger charge is 2.28. The summed E-state index contributed by atoms with van der Waals surface area (Å²) in [6, 6.07) is 9.40. The molecule has 0 radical (unpaired) electrons. The summed E-state index contributed by atoms with van der Waals surface area (Å²) in [7, 11) is 0. The zero-order chi connectivity index (χ0) is 18.6. The number of imidazole rings is 1. The van der Waals surface area contributed by atoms with E-state index in [4.69, 9.17) is 9.47 Å². The number of aliphatic hydroxyl groups excluding tert-OH is 1. The Labute approximate surface area is 155 Å². The van der Waals surface area contributed by atoms with Gasteiger partial charge in [0.15, 0.2) is 17.0 Å². The van der Waals surface area contributed by atoms with Gasteiger partial charge >= 0.3 is 6.09 Å². The summed E-state index contributed by atoms with van der Waals surface area (Å²) in [5, 5.41) is 11.8. The van der Waals surface area contributed by atoms with Crippen molar-refractivity contribution in [1.82, 2.24) is 19.5 Å². The molecule has 1 amide bonds. The quantitative estimate of drug-likeness (QED) is 0.709. The number of anilines is 1. The van der Waals surface area contributed by atoms with E-state index in [1.807, 2.05) is 30.3 Å². The van der Waals surface area contributed by atoms with Crippen molar-refractivity contribution in [1.29, 1.82) is 0 Å². The number of aliphatic hydroxyl groups is 1. The van der Waals surface area contributed by atoms with E-state index >= 15 is 0 Å². The molecular weight excluding hydrogens is 350 g/mol. The largest absolute Gasteiger partial charge is 0.444 e. The second-order valence-corrected chi connectivity index (χ2v) is 6.21. The number of rotatable bonds is 5. The molecule has 3 aromatic rings. The molecule has 27 heavy (non-hydrogen) atoms. The molecule has 1 fully saturated rings. The molecule has 1 saturated heterocycles. The first-order valence-corrected chi connectivity index (χ1v) is 8.66. The van der Waals surface area contributed by atoms with Crippen LogP contribution >= 0.6 is 0 Å². The Kier molecular flexibility index (Phi) is 4.95. The van der Waals surface area contributed by atoms with Crippen LogP contribution in [-0.2, 0) is 16.1 Å². The molecule has 9 nitrogen and oxygen atoms in total. The molecule has 0 bridgehead atoms. The average molecular weight is 369 g/mol. The Morgan fingerprint density at radius 3 is 2.89 bits per heavy atom. The van der Waals surface area contributed by atoms with Gasteiger partial charge < -0.3 is 14.6 Å². The van der Waals surface area contributed by atoms with Gasteiger partial charge in [0.05, 0.1) is 19.0 Å². The maximum atomic E-state index is 12.1. The van der Waals surface area contributed by atoms with Crippen molar-refractivity contribution in [2.24, 2.45) is 0 Å². The van der Waals surface area contributed by atoms with E-state index in [2.05, 4.69) is 20.3 Å². The number of amides is 1. The molecule has 0 unspecified atom stereocenters.